The van der Waals surface area contributed by atoms with Crippen molar-refractivity contribution in [2.45, 2.75) is 20.8 Å². The van der Waals surface area contributed by atoms with Crippen LogP contribution >= 0.6 is 0 Å². The van der Waals surface area contributed by atoms with Gasteiger partial charge in [-0.3, -0.25) is 0 Å². The van der Waals surface area contributed by atoms with Crippen LogP contribution in [0.15, 0.2) is 12.1 Å². The summed E-state index contributed by atoms with van der Waals surface area (Å²) in [6.45, 7) is 6.96. The summed E-state index contributed by atoms with van der Waals surface area (Å²) < 4.78 is 10.2. The maximum absolute atomic E-state index is 11.8. The highest BCUT2D eigenvalue weighted by Gasteiger charge is 2.13. The molecule has 17 heavy (non-hydrogen) atoms. The van der Waals surface area contributed by atoms with Crippen molar-refractivity contribution in [1.82, 2.24) is 0 Å². The third kappa shape index (κ3) is 3.75. The summed E-state index contributed by atoms with van der Waals surface area (Å²) >= 11 is 0. The predicted octanol–water partition coefficient (Wildman–Crippen LogP) is 2.08. The Morgan fingerprint density at radius 2 is 2.00 bits per heavy atom. The predicted molar refractivity (Wildman–Crippen MR) is 67.1 cm³/mol. The zero-order valence-corrected chi connectivity index (χ0v) is 10.6. The number of nitrogen functional groups attached to an aromatic ring is 1. The molecule has 0 saturated carbocycles. The molecule has 0 saturated heterocycles. The van der Waals surface area contributed by atoms with E-state index >= 15 is 0 Å². The Morgan fingerprint density at radius 3 is 2.65 bits per heavy atom. The van der Waals surface area contributed by atoms with E-state index in [4.69, 9.17) is 15.2 Å². The Hall–Kier alpha value is -1.55. The first-order chi connectivity index (χ1) is 8.06. The third-order valence-electron chi connectivity index (χ3n) is 2.42. The lowest BCUT2D eigenvalue weighted by Gasteiger charge is -2.10. The SMILES string of the molecule is CCOCCOC(=O)c1cc(C)cc(C)c1N. The molecule has 1 aromatic rings. The summed E-state index contributed by atoms with van der Waals surface area (Å²) in [5.41, 5.74) is 8.65. The van der Waals surface area contributed by atoms with Gasteiger partial charge in [-0.2, -0.15) is 0 Å². The van der Waals surface area contributed by atoms with Gasteiger partial charge in [-0.05, 0) is 38.0 Å². The van der Waals surface area contributed by atoms with E-state index in [0.29, 0.717) is 24.5 Å². The van der Waals surface area contributed by atoms with E-state index in [9.17, 15) is 4.79 Å². The van der Waals surface area contributed by atoms with E-state index in [2.05, 4.69) is 0 Å². The van der Waals surface area contributed by atoms with E-state index in [-0.39, 0.29) is 6.61 Å². The Kier molecular flexibility index (Phi) is 4.97. The highest BCUT2D eigenvalue weighted by molar-refractivity contribution is 5.96. The van der Waals surface area contributed by atoms with Gasteiger partial charge in [-0.1, -0.05) is 6.07 Å². The number of esters is 1. The fourth-order valence-electron chi connectivity index (χ4n) is 1.56. The number of rotatable bonds is 5. The van der Waals surface area contributed by atoms with Crippen LogP contribution in [0.1, 0.15) is 28.4 Å². The zero-order chi connectivity index (χ0) is 12.8. The Morgan fingerprint density at radius 1 is 1.29 bits per heavy atom. The molecule has 0 aliphatic heterocycles. The number of ether oxygens (including phenoxy) is 2. The molecular weight excluding hydrogens is 218 g/mol. The summed E-state index contributed by atoms with van der Waals surface area (Å²) in [5.74, 6) is -0.394. The molecule has 1 aromatic carbocycles. The van der Waals surface area contributed by atoms with Gasteiger partial charge in [0.15, 0.2) is 0 Å². The van der Waals surface area contributed by atoms with E-state index in [1.54, 1.807) is 6.07 Å². The van der Waals surface area contributed by atoms with Crippen LogP contribution in [0, 0.1) is 13.8 Å². The Balaban J connectivity index is 2.69. The van der Waals surface area contributed by atoms with Gasteiger partial charge in [0, 0.05) is 12.3 Å². The average Bonchev–Trinajstić information content (AvgIpc) is 2.29. The van der Waals surface area contributed by atoms with Gasteiger partial charge in [-0.25, -0.2) is 4.79 Å². The quantitative estimate of drug-likeness (QED) is 0.484. The number of benzene rings is 1. The first kappa shape index (κ1) is 13.5. The molecule has 0 spiro atoms. The van der Waals surface area contributed by atoms with E-state index in [0.717, 1.165) is 11.1 Å². The van der Waals surface area contributed by atoms with Crippen LogP contribution in [0.3, 0.4) is 0 Å². The standard InChI is InChI=1S/C13H19NO3/c1-4-16-5-6-17-13(15)11-8-9(2)7-10(3)12(11)14/h7-8H,4-6,14H2,1-3H3. The smallest absolute Gasteiger partial charge is 0.340 e. The topological polar surface area (TPSA) is 61.5 Å². The number of hydrogen-bond donors (Lipinski definition) is 1. The second-order valence-electron chi connectivity index (χ2n) is 3.88. The molecule has 0 unspecified atom stereocenters. The minimum atomic E-state index is -0.394. The van der Waals surface area contributed by atoms with Crippen molar-refractivity contribution in [3.8, 4) is 0 Å². The van der Waals surface area contributed by atoms with Crippen LogP contribution in [0.2, 0.25) is 0 Å². The molecule has 2 N–H and O–H groups in total. The van der Waals surface area contributed by atoms with Gasteiger partial charge in [0.25, 0.3) is 0 Å². The van der Waals surface area contributed by atoms with E-state index in [1.807, 2.05) is 26.8 Å². The van der Waals surface area contributed by atoms with Gasteiger partial charge in [-0.15, -0.1) is 0 Å². The Bertz CT molecular complexity index is 402. The number of hydrogen-bond acceptors (Lipinski definition) is 4. The van der Waals surface area contributed by atoms with Crippen LogP contribution in [0.5, 0.6) is 0 Å². The molecule has 1 rings (SSSR count). The minimum absolute atomic E-state index is 0.249. The third-order valence-corrected chi connectivity index (χ3v) is 2.42. The molecule has 0 radical (unpaired) electrons. The molecule has 4 heteroatoms. The van der Waals surface area contributed by atoms with Gasteiger partial charge in [0.2, 0.25) is 0 Å². The van der Waals surface area contributed by atoms with E-state index in [1.165, 1.54) is 0 Å². The van der Waals surface area contributed by atoms with Crippen LogP contribution < -0.4 is 5.73 Å². The number of carbonyl (C=O) groups excluding carboxylic acids is 1. The maximum Gasteiger partial charge on any atom is 0.340 e. The van der Waals surface area contributed by atoms with E-state index < -0.39 is 5.97 Å². The van der Waals surface area contributed by atoms with Crippen LogP contribution in [0.25, 0.3) is 0 Å². The molecule has 0 atom stereocenters. The summed E-state index contributed by atoms with van der Waals surface area (Å²) in [4.78, 5) is 11.8. The minimum Gasteiger partial charge on any atom is -0.460 e. The first-order valence-electron chi connectivity index (χ1n) is 5.67. The van der Waals surface area contributed by atoms with Crippen molar-refractivity contribution >= 4 is 11.7 Å². The van der Waals surface area contributed by atoms with Crippen LogP contribution in [-0.2, 0) is 9.47 Å². The fraction of sp³-hybridized carbons (Fsp3) is 0.462. The molecule has 94 valence electrons. The number of anilines is 1. The molecule has 0 amide bonds. The van der Waals surface area contributed by atoms with Crippen LogP contribution in [-0.4, -0.2) is 25.8 Å². The second-order valence-corrected chi connectivity index (χ2v) is 3.88. The normalized spacial score (nSPS) is 10.3. The molecule has 0 fully saturated rings. The van der Waals surface area contributed by atoms with Crippen molar-refractivity contribution in [3.05, 3.63) is 28.8 Å². The maximum atomic E-state index is 11.8. The van der Waals surface area contributed by atoms with Crippen molar-refractivity contribution < 1.29 is 14.3 Å². The molecule has 0 aliphatic rings. The molecule has 0 aliphatic carbocycles. The highest BCUT2D eigenvalue weighted by atomic mass is 16.6. The molecule has 0 aromatic heterocycles. The molecular formula is C13H19NO3. The summed E-state index contributed by atoms with van der Waals surface area (Å²) in [6, 6.07) is 3.68. The molecule has 0 heterocycles. The van der Waals surface area contributed by atoms with Crippen molar-refractivity contribution in [2.24, 2.45) is 0 Å². The lowest BCUT2D eigenvalue weighted by molar-refractivity contribution is 0.0336. The van der Waals surface area contributed by atoms with Crippen LogP contribution in [0.4, 0.5) is 5.69 Å². The summed E-state index contributed by atoms with van der Waals surface area (Å²) in [5, 5.41) is 0. The zero-order valence-electron chi connectivity index (χ0n) is 10.6. The summed E-state index contributed by atoms with van der Waals surface area (Å²) in [7, 11) is 0. The second kappa shape index (κ2) is 6.25. The first-order valence-corrected chi connectivity index (χ1v) is 5.67. The van der Waals surface area contributed by atoms with Gasteiger partial charge >= 0.3 is 5.97 Å². The van der Waals surface area contributed by atoms with Gasteiger partial charge < -0.3 is 15.2 Å². The number of nitrogens with two attached hydrogens (primary N) is 1. The van der Waals surface area contributed by atoms with Crippen molar-refractivity contribution in [3.63, 3.8) is 0 Å². The lowest BCUT2D eigenvalue weighted by Crippen LogP contribution is -2.13. The number of carbonyl (C=O) groups is 1. The molecule has 0 bridgehead atoms. The monoisotopic (exact) mass is 237 g/mol. The fourth-order valence-corrected chi connectivity index (χ4v) is 1.56. The molecule has 4 nitrogen and oxygen atoms in total. The summed E-state index contributed by atoms with van der Waals surface area (Å²) in [6.07, 6.45) is 0. The highest BCUT2D eigenvalue weighted by Crippen LogP contribution is 2.20. The average molecular weight is 237 g/mol. The van der Waals surface area contributed by atoms with Gasteiger partial charge in [0.1, 0.15) is 6.61 Å². The van der Waals surface area contributed by atoms with Gasteiger partial charge in [0.05, 0.1) is 12.2 Å². The lowest BCUT2D eigenvalue weighted by atomic mass is 10.0. The van der Waals surface area contributed by atoms with Crippen molar-refractivity contribution in [1.29, 1.82) is 0 Å². The largest absolute Gasteiger partial charge is 0.460 e. The number of aryl methyl sites for hydroxylation is 2. The Labute approximate surface area is 102 Å². The van der Waals surface area contributed by atoms with Crippen molar-refractivity contribution in [2.75, 3.05) is 25.6 Å².